The van der Waals surface area contributed by atoms with Gasteiger partial charge in [-0.05, 0) is 37.4 Å². The van der Waals surface area contributed by atoms with Crippen molar-refractivity contribution < 1.29 is 9.22 Å². The molecule has 1 saturated carbocycles. The highest BCUT2D eigenvalue weighted by atomic mass is 28.4. The Balaban J connectivity index is 2.56. The van der Waals surface area contributed by atoms with Gasteiger partial charge in [-0.3, -0.25) is 0 Å². The molecule has 94 valence electrons. The summed E-state index contributed by atoms with van der Waals surface area (Å²) in [5.74, 6) is 0.239. The zero-order valence-electron chi connectivity index (χ0n) is 11.4. The maximum absolute atomic E-state index is 10.8. The van der Waals surface area contributed by atoms with Crippen LogP contribution in [0.15, 0.2) is 0 Å². The molecule has 0 radical (unpaired) electrons. The molecule has 1 rings (SSSR count). The predicted octanol–water partition coefficient (Wildman–Crippen LogP) is 3.77. The number of rotatable bonds is 3. The monoisotopic (exact) mass is 242 g/mol. The summed E-state index contributed by atoms with van der Waals surface area (Å²) >= 11 is 0. The quantitative estimate of drug-likeness (QED) is 0.556. The lowest BCUT2D eigenvalue weighted by Crippen LogP contribution is -2.45. The highest BCUT2D eigenvalue weighted by molar-refractivity contribution is 6.74. The van der Waals surface area contributed by atoms with Crippen molar-refractivity contribution in [3.05, 3.63) is 0 Å². The Hall–Kier alpha value is -0.153. The van der Waals surface area contributed by atoms with Crippen molar-refractivity contribution in [2.24, 2.45) is 5.92 Å². The maximum atomic E-state index is 10.8. The Kier molecular flexibility index (Phi) is 4.35. The number of hydrogen-bond acceptors (Lipinski definition) is 2. The Morgan fingerprint density at radius 2 is 1.88 bits per heavy atom. The molecule has 0 amide bonds. The third-order valence-corrected chi connectivity index (χ3v) is 8.66. The molecule has 0 spiro atoms. The van der Waals surface area contributed by atoms with Gasteiger partial charge in [0.15, 0.2) is 8.32 Å². The van der Waals surface area contributed by atoms with Crippen molar-refractivity contribution in [1.82, 2.24) is 0 Å². The standard InChI is InChI=1S/C13H26O2Si/c1-13(2,3)16(4,5)15-12-8-6-7-11(9-12)10-14/h10-12H,6-9H2,1-5H3. The summed E-state index contributed by atoms with van der Waals surface area (Å²) in [6, 6.07) is 0. The van der Waals surface area contributed by atoms with E-state index in [1.165, 1.54) is 0 Å². The summed E-state index contributed by atoms with van der Waals surface area (Å²) in [5, 5.41) is 0.265. The first-order valence-electron chi connectivity index (χ1n) is 6.39. The number of aldehydes is 1. The van der Waals surface area contributed by atoms with E-state index in [0.29, 0.717) is 6.10 Å². The zero-order valence-corrected chi connectivity index (χ0v) is 12.4. The Labute approximate surface area is 101 Å². The molecule has 0 aromatic carbocycles. The minimum Gasteiger partial charge on any atom is -0.414 e. The summed E-state index contributed by atoms with van der Waals surface area (Å²) in [4.78, 5) is 10.8. The van der Waals surface area contributed by atoms with Gasteiger partial charge < -0.3 is 9.22 Å². The van der Waals surface area contributed by atoms with Crippen molar-refractivity contribution in [3.63, 3.8) is 0 Å². The summed E-state index contributed by atoms with van der Waals surface area (Å²) in [6.45, 7) is 11.4. The van der Waals surface area contributed by atoms with E-state index in [2.05, 4.69) is 33.9 Å². The van der Waals surface area contributed by atoms with Gasteiger partial charge in [-0.1, -0.05) is 27.2 Å². The van der Waals surface area contributed by atoms with Gasteiger partial charge in [0, 0.05) is 12.0 Å². The van der Waals surface area contributed by atoms with E-state index in [1.54, 1.807) is 0 Å². The second-order valence-corrected chi connectivity index (χ2v) is 11.3. The highest BCUT2D eigenvalue weighted by Crippen LogP contribution is 2.39. The minimum absolute atomic E-state index is 0.239. The van der Waals surface area contributed by atoms with Crippen LogP contribution in [0.2, 0.25) is 18.1 Å². The SMILES string of the molecule is CC(C)(C)[Si](C)(C)OC1CCCC(C=O)C1. The van der Waals surface area contributed by atoms with Gasteiger partial charge in [0.2, 0.25) is 0 Å². The van der Waals surface area contributed by atoms with E-state index in [9.17, 15) is 4.79 Å². The van der Waals surface area contributed by atoms with Crippen molar-refractivity contribution in [3.8, 4) is 0 Å². The molecule has 0 aromatic heterocycles. The molecule has 2 nitrogen and oxygen atoms in total. The molecule has 0 heterocycles. The van der Waals surface area contributed by atoms with E-state index in [4.69, 9.17) is 4.43 Å². The summed E-state index contributed by atoms with van der Waals surface area (Å²) in [5.41, 5.74) is 0. The fraction of sp³-hybridized carbons (Fsp3) is 0.923. The normalized spacial score (nSPS) is 27.8. The van der Waals surface area contributed by atoms with Gasteiger partial charge in [-0.15, -0.1) is 0 Å². The molecule has 16 heavy (non-hydrogen) atoms. The minimum atomic E-state index is -1.65. The van der Waals surface area contributed by atoms with Gasteiger partial charge in [-0.2, -0.15) is 0 Å². The largest absolute Gasteiger partial charge is 0.414 e. The molecular formula is C13H26O2Si. The van der Waals surface area contributed by atoms with Crippen LogP contribution in [-0.4, -0.2) is 20.7 Å². The van der Waals surface area contributed by atoms with Gasteiger partial charge in [0.05, 0.1) is 0 Å². The van der Waals surface area contributed by atoms with Crippen LogP contribution in [0.3, 0.4) is 0 Å². The molecule has 1 aliphatic rings. The highest BCUT2D eigenvalue weighted by Gasteiger charge is 2.39. The second kappa shape index (κ2) is 5.01. The van der Waals surface area contributed by atoms with E-state index >= 15 is 0 Å². The molecule has 3 heteroatoms. The van der Waals surface area contributed by atoms with E-state index in [1.807, 2.05) is 0 Å². The van der Waals surface area contributed by atoms with Gasteiger partial charge in [-0.25, -0.2) is 0 Å². The molecule has 0 saturated heterocycles. The molecule has 1 aliphatic carbocycles. The van der Waals surface area contributed by atoms with Crippen LogP contribution in [0.4, 0.5) is 0 Å². The van der Waals surface area contributed by atoms with Crippen LogP contribution in [0.5, 0.6) is 0 Å². The first kappa shape index (κ1) is 13.9. The van der Waals surface area contributed by atoms with Gasteiger partial charge in [0.1, 0.15) is 6.29 Å². The molecule has 2 atom stereocenters. The predicted molar refractivity (Wildman–Crippen MR) is 70.1 cm³/mol. The lowest BCUT2D eigenvalue weighted by Gasteiger charge is -2.41. The fourth-order valence-corrected chi connectivity index (χ4v) is 3.41. The summed E-state index contributed by atoms with van der Waals surface area (Å²) in [7, 11) is -1.65. The number of carbonyl (C=O) groups is 1. The van der Waals surface area contributed by atoms with E-state index < -0.39 is 8.32 Å². The third kappa shape index (κ3) is 3.42. The molecule has 0 N–H and O–H groups in total. The first-order valence-corrected chi connectivity index (χ1v) is 9.30. The third-order valence-electron chi connectivity index (χ3n) is 4.13. The molecule has 2 unspecified atom stereocenters. The summed E-state index contributed by atoms with van der Waals surface area (Å²) in [6.07, 6.45) is 5.71. The van der Waals surface area contributed by atoms with Crippen LogP contribution < -0.4 is 0 Å². The Morgan fingerprint density at radius 3 is 2.38 bits per heavy atom. The molecule has 0 bridgehead atoms. The lowest BCUT2D eigenvalue weighted by molar-refractivity contribution is -0.112. The first-order chi connectivity index (χ1) is 7.26. The van der Waals surface area contributed by atoms with Crippen molar-refractivity contribution in [1.29, 1.82) is 0 Å². The molecule has 0 aliphatic heterocycles. The number of hydrogen-bond donors (Lipinski definition) is 0. The Morgan fingerprint density at radius 1 is 1.25 bits per heavy atom. The second-order valence-electron chi connectivity index (χ2n) is 6.56. The van der Waals surface area contributed by atoms with Crippen molar-refractivity contribution >= 4 is 14.6 Å². The Bertz CT molecular complexity index is 243. The van der Waals surface area contributed by atoms with Crippen LogP contribution in [0.25, 0.3) is 0 Å². The van der Waals surface area contributed by atoms with Crippen LogP contribution >= 0.6 is 0 Å². The number of carbonyl (C=O) groups excluding carboxylic acids is 1. The average Bonchev–Trinajstić information content (AvgIpc) is 2.15. The smallest absolute Gasteiger partial charge is 0.192 e. The van der Waals surface area contributed by atoms with E-state index in [-0.39, 0.29) is 11.0 Å². The van der Waals surface area contributed by atoms with Crippen LogP contribution in [0.1, 0.15) is 46.5 Å². The summed E-state index contributed by atoms with van der Waals surface area (Å²) < 4.78 is 6.36. The molecular weight excluding hydrogens is 216 g/mol. The molecule has 1 fully saturated rings. The van der Waals surface area contributed by atoms with Crippen molar-refractivity contribution in [2.75, 3.05) is 0 Å². The topological polar surface area (TPSA) is 26.3 Å². The average molecular weight is 242 g/mol. The lowest BCUT2D eigenvalue weighted by atomic mass is 9.88. The van der Waals surface area contributed by atoms with Gasteiger partial charge in [0.25, 0.3) is 0 Å². The van der Waals surface area contributed by atoms with Gasteiger partial charge >= 0.3 is 0 Å². The van der Waals surface area contributed by atoms with Crippen LogP contribution in [0, 0.1) is 5.92 Å². The van der Waals surface area contributed by atoms with Crippen LogP contribution in [-0.2, 0) is 9.22 Å². The van der Waals surface area contributed by atoms with E-state index in [0.717, 1.165) is 32.0 Å². The van der Waals surface area contributed by atoms with Crippen molar-refractivity contribution in [2.45, 2.75) is 70.7 Å². The zero-order chi connectivity index (χ0) is 12.4. The maximum Gasteiger partial charge on any atom is 0.192 e. The fourth-order valence-electron chi connectivity index (χ4n) is 2.01. The molecule has 0 aromatic rings.